The van der Waals surface area contributed by atoms with Crippen LogP contribution in [0.4, 0.5) is 5.69 Å². The van der Waals surface area contributed by atoms with E-state index in [1.807, 2.05) is 20.8 Å². The van der Waals surface area contributed by atoms with Crippen LogP contribution in [0.3, 0.4) is 0 Å². The first kappa shape index (κ1) is 18.2. The number of ether oxygens (including phenoxy) is 1. The third kappa shape index (κ3) is 3.97. The van der Waals surface area contributed by atoms with Gasteiger partial charge in [0.05, 0.1) is 41.0 Å². The van der Waals surface area contributed by atoms with E-state index in [1.165, 1.54) is 0 Å². The number of hydrogen-bond acceptors (Lipinski definition) is 5. The molecule has 1 N–H and O–H groups in total. The number of halogens is 1. The Balaban J connectivity index is 1.64. The SMILES string of the molecule is CCOCn1cc(NC(=O)c2ccc(Cn3nc(C)c(Cl)c3C)o2)cn1. The first-order valence-corrected chi connectivity index (χ1v) is 8.55. The third-order valence-electron chi connectivity index (χ3n) is 3.80. The maximum Gasteiger partial charge on any atom is 0.291 e. The first-order chi connectivity index (χ1) is 12.5. The van der Waals surface area contributed by atoms with E-state index in [1.54, 1.807) is 33.9 Å². The van der Waals surface area contributed by atoms with Gasteiger partial charge in [-0.3, -0.25) is 9.48 Å². The lowest BCUT2D eigenvalue weighted by Crippen LogP contribution is -2.10. The predicted octanol–water partition coefficient (Wildman–Crippen LogP) is 3.24. The molecule has 138 valence electrons. The smallest absolute Gasteiger partial charge is 0.291 e. The van der Waals surface area contributed by atoms with Gasteiger partial charge in [0.1, 0.15) is 12.5 Å². The molecule has 3 rings (SSSR count). The van der Waals surface area contributed by atoms with E-state index in [0.717, 1.165) is 11.4 Å². The highest BCUT2D eigenvalue weighted by Crippen LogP contribution is 2.20. The summed E-state index contributed by atoms with van der Waals surface area (Å²) in [5, 5.41) is 11.8. The van der Waals surface area contributed by atoms with E-state index in [0.29, 0.717) is 36.4 Å². The molecule has 1 amide bonds. The number of nitrogens with one attached hydrogen (secondary N) is 1. The summed E-state index contributed by atoms with van der Waals surface area (Å²) in [5.74, 6) is 0.480. The van der Waals surface area contributed by atoms with Gasteiger partial charge in [0.2, 0.25) is 0 Å². The molecule has 0 aliphatic rings. The Morgan fingerprint density at radius 1 is 1.38 bits per heavy atom. The zero-order valence-corrected chi connectivity index (χ0v) is 15.6. The summed E-state index contributed by atoms with van der Waals surface area (Å²) in [7, 11) is 0. The molecule has 0 aromatic carbocycles. The number of furan rings is 1. The van der Waals surface area contributed by atoms with Crippen molar-refractivity contribution < 1.29 is 13.9 Å². The molecule has 0 atom stereocenters. The number of rotatable bonds is 7. The zero-order chi connectivity index (χ0) is 18.7. The molecule has 8 nitrogen and oxygen atoms in total. The molecule has 3 aromatic rings. The molecule has 0 radical (unpaired) electrons. The normalized spacial score (nSPS) is 11.1. The number of carbonyl (C=O) groups is 1. The van der Waals surface area contributed by atoms with Gasteiger partial charge in [-0.1, -0.05) is 11.6 Å². The minimum Gasteiger partial charge on any atom is -0.454 e. The van der Waals surface area contributed by atoms with Crippen LogP contribution in [0.5, 0.6) is 0 Å². The van der Waals surface area contributed by atoms with Crippen LogP contribution in [-0.4, -0.2) is 32.1 Å². The maximum absolute atomic E-state index is 12.3. The molecule has 0 aliphatic carbocycles. The number of nitrogens with zero attached hydrogens (tertiary/aromatic N) is 4. The molecule has 0 fully saturated rings. The highest BCUT2D eigenvalue weighted by atomic mass is 35.5. The van der Waals surface area contributed by atoms with Crippen LogP contribution >= 0.6 is 11.6 Å². The fraction of sp³-hybridized carbons (Fsp3) is 0.353. The number of anilines is 1. The van der Waals surface area contributed by atoms with Gasteiger partial charge in [-0.2, -0.15) is 10.2 Å². The lowest BCUT2D eigenvalue weighted by molar-refractivity contribution is 0.0792. The highest BCUT2D eigenvalue weighted by Gasteiger charge is 2.15. The quantitative estimate of drug-likeness (QED) is 0.683. The van der Waals surface area contributed by atoms with Gasteiger partial charge in [-0.15, -0.1) is 0 Å². The van der Waals surface area contributed by atoms with E-state index in [4.69, 9.17) is 20.8 Å². The highest BCUT2D eigenvalue weighted by molar-refractivity contribution is 6.31. The number of carbonyl (C=O) groups excluding carboxylic acids is 1. The van der Waals surface area contributed by atoms with E-state index in [-0.39, 0.29) is 11.7 Å². The molecule has 0 aliphatic heterocycles. The largest absolute Gasteiger partial charge is 0.454 e. The van der Waals surface area contributed by atoms with Crippen molar-refractivity contribution in [3.63, 3.8) is 0 Å². The van der Waals surface area contributed by atoms with Gasteiger partial charge < -0.3 is 14.5 Å². The minimum atomic E-state index is -0.349. The van der Waals surface area contributed by atoms with Crippen molar-refractivity contribution in [1.29, 1.82) is 0 Å². The van der Waals surface area contributed by atoms with Crippen LogP contribution in [0.25, 0.3) is 0 Å². The molecule has 9 heteroatoms. The van der Waals surface area contributed by atoms with Crippen LogP contribution in [0.1, 0.15) is 34.6 Å². The fourth-order valence-corrected chi connectivity index (χ4v) is 2.57. The Labute approximate surface area is 155 Å². The average molecular weight is 378 g/mol. The van der Waals surface area contributed by atoms with Crippen molar-refractivity contribution in [3.05, 3.63) is 52.5 Å². The summed E-state index contributed by atoms with van der Waals surface area (Å²) in [4.78, 5) is 12.3. The second kappa shape index (κ2) is 7.76. The monoisotopic (exact) mass is 377 g/mol. The minimum absolute atomic E-state index is 0.213. The van der Waals surface area contributed by atoms with E-state index < -0.39 is 0 Å². The molecule has 0 saturated carbocycles. The second-order valence-corrected chi connectivity index (χ2v) is 6.13. The molecule has 3 heterocycles. The topological polar surface area (TPSA) is 87.1 Å². The summed E-state index contributed by atoms with van der Waals surface area (Å²) >= 11 is 6.15. The van der Waals surface area contributed by atoms with Gasteiger partial charge in [0, 0.05) is 6.61 Å². The standard InChI is InChI=1S/C17H20ClN5O3/c1-4-25-10-22-8-13(7-19-22)20-17(24)15-6-5-14(26-15)9-23-12(3)16(18)11(2)21-23/h5-8H,4,9-10H2,1-3H3,(H,20,24). The van der Waals surface area contributed by atoms with Crippen molar-refractivity contribution in [2.45, 2.75) is 34.0 Å². The molecule has 0 unspecified atom stereocenters. The number of amides is 1. The van der Waals surface area contributed by atoms with Crippen LogP contribution in [0.2, 0.25) is 5.02 Å². The van der Waals surface area contributed by atoms with Crippen molar-refractivity contribution in [1.82, 2.24) is 19.6 Å². The van der Waals surface area contributed by atoms with Crippen molar-refractivity contribution >= 4 is 23.2 Å². The summed E-state index contributed by atoms with van der Waals surface area (Å²) in [6, 6.07) is 3.38. The molecular weight excluding hydrogens is 358 g/mol. The second-order valence-electron chi connectivity index (χ2n) is 5.75. The Bertz CT molecular complexity index is 912. The van der Waals surface area contributed by atoms with Gasteiger partial charge in [-0.25, -0.2) is 4.68 Å². The van der Waals surface area contributed by atoms with Crippen molar-refractivity contribution in [3.8, 4) is 0 Å². The van der Waals surface area contributed by atoms with Crippen LogP contribution in [0.15, 0.2) is 28.9 Å². The summed E-state index contributed by atoms with van der Waals surface area (Å²) < 4.78 is 14.2. The van der Waals surface area contributed by atoms with Gasteiger partial charge in [0.25, 0.3) is 5.91 Å². The molecule has 0 spiro atoms. The third-order valence-corrected chi connectivity index (χ3v) is 4.35. The summed E-state index contributed by atoms with van der Waals surface area (Å²) in [5.41, 5.74) is 2.18. The van der Waals surface area contributed by atoms with Crippen LogP contribution in [0, 0.1) is 13.8 Å². The van der Waals surface area contributed by atoms with E-state index >= 15 is 0 Å². The van der Waals surface area contributed by atoms with Crippen LogP contribution in [-0.2, 0) is 18.0 Å². The molecular formula is C17H20ClN5O3. The Kier molecular flexibility index (Phi) is 5.43. The number of aromatic nitrogens is 4. The van der Waals surface area contributed by atoms with Crippen molar-refractivity contribution in [2.75, 3.05) is 11.9 Å². The van der Waals surface area contributed by atoms with Gasteiger partial charge >= 0.3 is 0 Å². The molecule has 0 bridgehead atoms. The Morgan fingerprint density at radius 3 is 2.88 bits per heavy atom. The summed E-state index contributed by atoms with van der Waals surface area (Å²) in [6.45, 7) is 6.97. The Morgan fingerprint density at radius 2 is 2.19 bits per heavy atom. The molecule has 26 heavy (non-hydrogen) atoms. The zero-order valence-electron chi connectivity index (χ0n) is 14.8. The van der Waals surface area contributed by atoms with Crippen molar-refractivity contribution in [2.24, 2.45) is 0 Å². The summed E-state index contributed by atoms with van der Waals surface area (Å²) in [6.07, 6.45) is 3.24. The van der Waals surface area contributed by atoms with Crippen LogP contribution < -0.4 is 5.32 Å². The van der Waals surface area contributed by atoms with Gasteiger partial charge in [-0.05, 0) is 32.9 Å². The average Bonchev–Trinajstić information content (AvgIpc) is 3.32. The lowest BCUT2D eigenvalue weighted by Gasteiger charge is -2.02. The van der Waals surface area contributed by atoms with E-state index in [9.17, 15) is 4.79 Å². The van der Waals surface area contributed by atoms with Gasteiger partial charge in [0.15, 0.2) is 5.76 Å². The first-order valence-electron chi connectivity index (χ1n) is 8.17. The Hall–Kier alpha value is -2.58. The lowest BCUT2D eigenvalue weighted by atomic mass is 10.3. The molecule has 3 aromatic heterocycles. The number of aryl methyl sites for hydroxylation is 1. The maximum atomic E-state index is 12.3. The molecule has 0 saturated heterocycles. The predicted molar refractivity (Wildman–Crippen MR) is 96.3 cm³/mol. The number of hydrogen-bond donors (Lipinski definition) is 1. The van der Waals surface area contributed by atoms with E-state index in [2.05, 4.69) is 15.5 Å². The fourth-order valence-electron chi connectivity index (χ4n) is 2.44.